The zero-order valence-electron chi connectivity index (χ0n) is 11.3. The lowest BCUT2D eigenvalue weighted by Crippen LogP contribution is -2.09. The molecule has 5 nitrogen and oxygen atoms in total. The topological polar surface area (TPSA) is 78.9 Å². The van der Waals surface area contributed by atoms with Gasteiger partial charge in [-0.05, 0) is 42.5 Å². The molecule has 6 heteroatoms. The molecule has 0 saturated heterocycles. The van der Waals surface area contributed by atoms with E-state index in [9.17, 15) is 4.79 Å². The molecular formula is C16H10BrN3O2. The van der Waals surface area contributed by atoms with Gasteiger partial charge in [-0.2, -0.15) is 5.26 Å². The smallest absolute Gasteiger partial charge is 0.238 e. The van der Waals surface area contributed by atoms with Gasteiger partial charge in [0.1, 0.15) is 11.9 Å². The zero-order valence-corrected chi connectivity index (χ0v) is 12.9. The molecule has 0 aliphatic heterocycles. The van der Waals surface area contributed by atoms with Crippen molar-refractivity contribution < 1.29 is 9.21 Å². The third kappa shape index (κ3) is 3.00. The van der Waals surface area contributed by atoms with E-state index in [1.54, 1.807) is 24.3 Å². The highest BCUT2D eigenvalue weighted by Gasteiger charge is 2.09. The van der Waals surface area contributed by atoms with Crippen molar-refractivity contribution in [1.29, 1.82) is 5.26 Å². The monoisotopic (exact) mass is 355 g/mol. The molecule has 1 heterocycles. The first-order chi connectivity index (χ1) is 10.7. The third-order valence-electron chi connectivity index (χ3n) is 3.00. The second-order valence-corrected chi connectivity index (χ2v) is 5.51. The average Bonchev–Trinajstić information content (AvgIpc) is 2.91. The van der Waals surface area contributed by atoms with E-state index in [4.69, 9.17) is 9.68 Å². The summed E-state index contributed by atoms with van der Waals surface area (Å²) in [6.45, 7) is 0. The Bertz CT molecular complexity index is 879. The molecule has 108 valence electrons. The van der Waals surface area contributed by atoms with Crippen LogP contribution < -0.4 is 5.32 Å². The molecule has 3 aromatic rings. The number of amides is 1. The summed E-state index contributed by atoms with van der Waals surface area (Å²) < 4.78 is 6.69. The van der Waals surface area contributed by atoms with Gasteiger partial charge in [-0.25, -0.2) is 4.98 Å². The molecule has 3 rings (SSSR count). The summed E-state index contributed by atoms with van der Waals surface area (Å²) in [7, 11) is 0. The molecule has 2 aromatic carbocycles. The Kier molecular flexibility index (Phi) is 3.90. The van der Waals surface area contributed by atoms with E-state index >= 15 is 0 Å². The van der Waals surface area contributed by atoms with Crippen LogP contribution in [-0.2, 0) is 4.79 Å². The second kappa shape index (κ2) is 6.00. The zero-order chi connectivity index (χ0) is 15.5. The van der Waals surface area contributed by atoms with Crippen LogP contribution in [0.1, 0.15) is 6.42 Å². The highest BCUT2D eigenvalue weighted by Crippen LogP contribution is 2.27. The van der Waals surface area contributed by atoms with Crippen molar-refractivity contribution in [2.75, 3.05) is 5.32 Å². The molecule has 0 atom stereocenters. The molecule has 0 aliphatic rings. The number of carbonyl (C=O) groups excluding carboxylic acids is 1. The molecule has 1 aromatic heterocycles. The van der Waals surface area contributed by atoms with E-state index in [2.05, 4.69) is 26.2 Å². The molecular weight excluding hydrogens is 346 g/mol. The van der Waals surface area contributed by atoms with Crippen molar-refractivity contribution in [2.24, 2.45) is 0 Å². The van der Waals surface area contributed by atoms with Crippen LogP contribution in [0.3, 0.4) is 0 Å². The lowest BCUT2D eigenvalue weighted by molar-refractivity contribution is -0.115. The fourth-order valence-corrected chi connectivity index (χ4v) is 2.26. The highest BCUT2D eigenvalue weighted by molar-refractivity contribution is 9.10. The lowest BCUT2D eigenvalue weighted by Gasteiger charge is -2.00. The number of hydrogen-bond acceptors (Lipinski definition) is 4. The largest absolute Gasteiger partial charge is 0.436 e. The molecule has 0 bridgehead atoms. The summed E-state index contributed by atoms with van der Waals surface area (Å²) in [5.74, 6) is 0.168. The standard InChI is InChI=1S/C16H10BrN3O2/c17-11-3-1-10(2-4-11)16-20-13-9-12(5-6-14(13)22-16)19-15(21)7-8-18/h1-6,9H,7H2,(H,19,21). The Morgan fingerprint density at radius 3 is 2.77 bits per heavy atom. The van der Waals surface area contributed by atoms with Gasteiger partial charge in [0.25, 0.3) is 0 Å². The van der Waals surface area contributed by atoms with Crippen LogP contribution in [0.25, 0.3) is 22.6 Å². The molecule has 0 unspecified atom stereocenters. The average molecular weight is 356 g/mol. The number of anilines is 1. The Hall–Kier alpha value is -2.65. The maximum Gasteiger partial charge on any atom is 0.238 e. The molecule has 0 saturated carbocycles. The van der Waals surface area contributed by atoms with Gasteiger partial charge in [0.05, 0.1) is 6.07 Å². The Morgan fingerprint density at radius 2 is 2.05 bits per heavy atom. The Labute approximate surface area is 134 Å². The molecule has 1 amide bonds. The van der Waals surface area contributed by atoms with E-state index < -0.39 is 0 Å². The molecule has 0 aliphatic carbocycles. The van der Waals surface area contributed by atoms with Crippen molar-refractivity contribution in [2.45, 2.75) is 6.42 Å². The normalized spacial score (nSPS) is 10.4. The summed E-state index contributed by atoms with van der Waals surface area (Å²) in [5.41, 5.74) is 2.74. The number of fused-ring (bicyclic) bond motifs is 1. The minimum atomic E-state index is -0.349. The fraction of sp³-hybridized carbons (Fsp3) is 0.0625. The number of nitrogens with one attached hydrogen (secondary N) is 1. The van der Waals surface area contributed by atoms with Crippen LogP contribution in [0.2, 0.25) is 0 Å². The van der Waals surface area contributed by atoms with Gasteiger partial charge < -0.3 is 9.73 Å². The van der Waals surface area contributed by atoms with Gasteiger partial charge >= 0.3 is 0 Å². The number of nitrogens with zero attached hydrogens (tertiary/aromatic N) is 2. The first kappa shape index (κ1) is 14.3. The van der Waals surface area contributed by atoms with Crippen LogP contribution in [0, 0.1) is 11.3 Å². The fourth-order valence-electron chi connectivity index (χ4n) is 2.00. The van der Waals surface area contributed by atoms with Gasteiger partial charge in [0, 0.05) is 15.7 Å². The second-order valence-electron chi connectivity index (χ2n) is 4.59. The van der Waals surface area contributed by atoms with Crippen molar-refractivity contribution in [3.05, 3.63) is 46.9 Å². The SMILES string of the molecule is N#CCC(=O)Nc1ccc2oc(-c3ccc(Br)cc3)nc2c1. The lowest BCUT2D eigenvalue weighted by atomic mass is 10.2. The molecule has 22 heavy (non-hydrogen) atoms. The van der Waals surface area contributed by atoms with Crippen molar-refractivity contribution >= 4 is 38.6 Å². The van der Waals surface area contributed by atoms with E-state index in [1.165, 1.54) is 0 Å². The van der Waals surface area contributed by atoms with E-state index in [-0.39, 0.29) is 12.3 Å². The third-order valence-corrected chi connectivity index (χ3v) is 3.53. The van der Waals surface area contributed by atoms with Crippen LogP contribution in [0.4, 0.5) is 5.69 Å². The van der Waals surface area contributed by atoms with Crippen molar-refractivity contribution in [1.82, 2.24) is 4.98 Å². The van der Waals surface area contributed by atoms with Crippen molar-refractivity contribution in [3.63, 3.8) is 0 Å². The van der Waals surface area contributed by atoms with E-state index in [0.29, 0.717) is 22.7 Å². The van der Waals surface area contributed by atoms with Gasteiger partial charge in [0.15, 0.2) is 5.58 Å². The summed E-state index contributed by atoms with van der Waals surface area (Å²) in [5, 5.41) is 11.1. The predicted octanol–water partition coefficient (Wildman–Crippen LogP) is 4.11. The Balaban J connectivity index is 1.92. The number of halogens is 1. The highest BCUT2D eigenvalue weighted by atomic mass is 79.9. The number of aromatic nitrogens is 1. The molecule has 0 radical (unpaired) electrons. The summed E-state index contributed by atoms with van der Waals surface area (Å²) >= 11 is 3.38. The van der Waals surface area contributed by atoms with Crippen LogP contribution in [0.15, 0.2) is 51.4 Å². The molecule has 0 spiro atoms. The summed E-state index contributed by atoms with van der Waals surface area (Å²) in [4.78, 5) is 15.9. The van der Waals surface area contributed by atoms with Crippen LogP contribution >= 0.6 is 15.9 Å². The summed E-state index contributed by atoms with van der Waals surface area (Å²) in [6, 6.07) is 14.6. The van der Waals surface area contributed by atoms with Crippen LogP contribution in [0.5, 0.6) is 0 Å². The van der Waals surface area contributed by atoms with E-state index in [0.717, 1.165) is 10.0 Å². The minimum absolute atomic E-state index is 0.180. The first-order valence-corrected chi connectivity index (χ1v) is 7.28. The number of carbonyl (C=O) groups is 1. The predicted molar refractivity (Wildman–Crippen MR) is 86.0 cm³/mol. The van der Waals surface area contributed by atoms with Crippen LogP contribution in [-0.4, -0.2) is 10.9 Å². The molecule has 0 fully saturated rings. The number of hydrogen-bond donors (Lipinski definition) is 1. The minimum Gasteiger partial charge on any atom is -0.436 e. The number of nitriles is 1. The molecule has 1 N–H and O–H groups in total. The van der Waals surface area contributed by atoms with Gasteiger partial charge in [0.2, 0.25) is 11.8 Å². The van der Waals surface area contributed by atoms with Gasteiger partial charge in [-0.3, -0.25) is 4.79 Å². The number of rotatable bonds is 3. The quantitative estimate of drug-likeness (QED) is 0.766. The van der Waals surface area contributed by atoms with Gasteiger partial charge in [-0.15, -0.1) is 0 Å². The Morgan fingerprint density at radius 1 is 1.27 bits per heavy atom. The number of benzene rings is 2. The summed E-state index contributed by atoms with van der Waals surface area (Å²) in [6.07, 6.45) is -0.180. The number of oxazole rings is 1. The first-order valence-electron chi connectivity index (χ1n) is 6.49. The van der Waals surface area contributed by atoms with Gasteiger partial charge in [-0.1, -0.05) is 15.9 Å². The maximum atomic E-state index is 11.4. The van der Waals surface area contributed by atoms with Crippen molar-refractivity contribution in [3.8, 4) is 17.5 Å². The maximum absolute atomic E-state index is 11.4. The van der Waals surface area contributed by atoms with E-state index in [1.807, 2.05) is 24.3 Å².